The van der Waals surface area contributed by atoms with Gasteiger partial charge in [-0.15, -0.1) is 0 Å². The Labute approximate surface area is 197 Å². The smallest absolute Gasteiger partial charge is 0.256 e. The van der Waals surface area contributed by atoms with E-state index in [9.17, 15) is 9.59 Å². The van der Waals surface area contributed by atoms with E-state index in [4.69, 9.17) is 23.8 Å². The topological polar surface area (TPSA) is 52.7 Å². The molecular weight excluding hydrogens is 442 g/mol. The third-order valence-corrected chi connectivity index (χ3v) is 5.99. The van der Waals surface area contributed by atoms with Crippen LogP contribution >= 0.6 is 23.8 Å². The maximum Gasteiger partial charge on any atom is 0.256 e. The largest absolute Gasteiger partial charge is 0.336 e. The van der Waals surface area contributed by atoms with Gasteiger partial charge in [-0.25, -0.2) is 0 Å². The number of carbonyl (C=O) groups is 2. The monoisotopic (exact) mass is 463 g/mol. The van der Waals surface area contributed by atoms with E-state index in [0.717, 1.165) is 5.56 Å². The molecule has 1 fully saturated rings. The number of anilines is 2. The third-order valence-electron chi connectivity index (χ3n) is 5.32. The molecule has 2 amide bonds. The standard InChI is InChI=1S/C25H22ClN3O2S/c26-19-11-13-20(14-12-19)27-23(30)17-22-24(31)29(21-9-5-2-6-10-21)25(32)28(22)16-15-18-7-3-1-4-8-18/h1-14,22H,15-17H2,(H,27,30)/t22-/m0/s1. The molecule has 162 valence electrons. The molecule has 3 aromatic carbocycles. The third kappa shape index (κ3) is 4.98. The Morgan fingerprint density at radius 3 is 2.22 bits per heavy atom. The number of hydrogen-bond acceptors (Lipinski definition) is 3. The number of carbonyl (C=O) groups excluding carboxylic acids is 2. The molecule has 0 aliphatic carbocycles. The second-order valence-corrected chi connectivity index (χ2v) is 8.30. The highest BCUT2D eigenvalue weighted by molar-refractivity contribution is 7.80. The Morgan fingerprint density at radius 2 is 1.56 bits per heavy atom. The minimum absolute atomic E-state index is 0.000275. The van der Waals surface area contributed by atoms with Gasteiger partial charge in [0.05, 0.1) is 12.1 Å². The van der Waals surface area contributed by atoms with E-state index >= 15 is 0 Å². The molecule has 0 unspecified atom stereocenters. The summed E-state index contributed by atoms with van der Waals surface area (Å²) in [7, 11) is 0. The molecule has 1 N–H and O–H groups in total. The van der Waals surface area contributed by atoms with Crippen molar-refractivity contribution in [1.29, 1.82) is 0 Å². The summed E-state index contributed by atoms with van der Waals surface area (Å²) in [6.45, 7) is 0.539. The van der Waals surface area contributed by atoms with Crippen molar-refractivity contribution >= 4 is 52.1 Å². The van der Waals surface area contributed by atoms with Crippen molar-refractivity contribution in [3.05, 3.63) is 95.5 Å². The molecule has 1 atom stereocenters. The molecule has 0 spiro atoms. The van der Waals surface area contributed by atoms with Gasteiger partial charge in [0, 0.05) is 17.3 Å². The molecule has 1 aliphatic rings. The lowest BCUT2D eigenvalue weighted by Crippen LogP contribution is -2.39. The van der Waals surface area contributed by atoms with Crippen LogP contribution in [0.25, 0.3) is 0 Å². The summed E-state index contributed by atoms with van der Waals surface area (Å²) in [5.74, 6) is -0.450. The average molecular weight is 464 g/mol. The van der Waals surface area contributed by atoms with Gasteiger partial charge in [-0.05, 0) is 60.6 Å². The zero-order valence-electron chi connectivity index (χ0n) is 17.3. The van der Waals surface area contributed by atoms with Crippen LogP contribution in [0.1, 0.15) is 12.0 Å². The summed E-state index contributed by atoms with van der Waals surface area (Å²) in [5.41, 5.74) is 2.47. The van der Waals surface area contributed by atoms with Crippen LogP contribution in [0, 0.1) is 0 Å². The van der Waals surface area contributed by atoms with Gasteiger partial charge in [-0.3, -0.25) is 14.5 Å². The average Bonchev–Trinajstić information content (AvgIpc) is 3.04. The fourth-order valence-corrected chi connectivity index (χ4v) is 4.26. The zero-order valence-corrected chi connectivity index (χ0v) is 18.9. The molecule has 4 rings (SSSR count). The number of nitrogens with zero attached hydrogens (tertiary/aromatic N) is 2. The fraction of sp³-hybridized carbons (Fsp3) is 0.160. The van der Waals surface area contributed by atoms with E-state index in [-0.39, 0.29) is 18.2 Å². The molecular formula is C25H22ClN3O2S. The molecule has 7 heteroatoms. The maximum atomic E-state index is 13.4. The molecule has 3 aromatic rings. The zero-order chi connectivity index (χ0) is 22.5. The van der Waals surface area contributed by atoms with Gasteiger partial charge in [0.15, 0.2) is 5.11 Å². The number of rotatable bonds is 7. The van der Waals surface area contributed by atoms with Gasteiger partial charge in [0.25, 0.3) is 5.91 Å². The van der Waals surface area contributed by atoms with E-state index in [1.54, 1.807) is 24.3 Å². The second-order valence-electron chi connectivity index (χ2n) is 7.50. The first-order valence-electron chi connectivity index (χ1n) is 10.3. The van der Waals surface area contributed by atoms with E-state index < -0.39 is 6.04 Å². The SMILES string of the molecule is O=C(C[C@H]1C(=O)N(c2ccccc2)C(=S)N1CCc1ccccc1)Nc1ccc(Cl)cc1. The summed E-state index contributed by atoms with van der Waals surface area (Å²) in [4.78, 5) is 29.5. The second kappa shape index (κ2) is 9.94. The highest BCUT2D eigenvalue weighted by Gasteiger charge is 2.43. The van der Waals surface area contributed by atoms with Gasteiger partial charge >= 0.3 is 0 Å². The quantitative estimate of drug-likeness (QED) is 0.505. The van der Waals surface area contributed by atoms with Crippen LogP contribution in [0.5, 0.6) is 0 Å². The van der Waals surface area contributed by atoms with Crippen LogP contribution in [0.3, 0.4) is 0 Å². The minimum atomic E-state index is -0.668. The molecule has 1 saturated heterocycles. The summed E-state index contributed by atoms with van der Waals surface area (Å²) in [5, 5.41) is 3.85. The van der Waals surface area contributed by atoms with Gasteiger partial charge in [0.1, 0.15) is 6.04 Å². The minimum Gasteiger partial charge on any atom is -0.336 e. The lowest BCUT2D eigenvalue weighted by molar-refractivity contribution is -0.124. The lowest BCUT2D eigenvalue weighted by Gasteiger charge is -2.24. The number of thiocarbonyl (C=S) groups is 1. The summed E-state index contributed by atoms with van der Waals surface area (Å²) in [6, 6.07) is 25.5. The first-order chi connectivity index (χ1) is 15.5. The number of nitrogens with one attached hydrogen (secondary N) is 1. The van der Waals surface area contributed by atoms with Crippen LogP contribution in [0.15, 0.2) is 84.9 Å². The summed E-state index contributed by atoms with van der Waals surface area (Å²) in [6.07, 6.45) is 0.714. The predicted octanol–water partition coefficient (Wildman–Crippen LogP) is 4.91. The van der Waals surface area contributed by atoms with Crippen LogP contribution in [-0.4, -0.2) is 34.4 Å². The Kier molecular flexibility index (Phi) is 6.83. The normalized spacial score (nSPS) is 15.8. The molecule has 32 heavy (non-hydrogen) atoms. The van der Waals surface area contributed by atoms with Crippen LogP contribution in [0.4, 0.5) is 11.4 Å². The maximum absolute atomic E-state index is 13.4. The Balaban J connectivity index is 1.54. The number of para-hydroxylation sites is 1. The number of benzene rings is 3. The molecule has 1 heterocycles. The molecule has 0 aromatic heterocycles. The van der Waals surface area contributed by atoms with E-state index in [1.807, 2.05) is 65.6 Å². The van der Waals surface area contributed by atoms with E-state index in [0.29, 0.717) is 34.5 Å². The van der Waals surface area contributed by atoms with Crippen molar-refractivity contribution in [3.63, 3.8) is 0 Å². The van der Waals surface area contributed by atoms with Crippen molar-refractivity contribution < 1.29 is 9.59 Å². The van der Waals surface area contributed by atoms with Gasteiger partial charge < -0.3 is 10.2 Å². The number of amides is 2. The number of halogens is 1. The van der Waals surface area contributed by atoms with Crippen molar-refractivity contribution in [2.75, 3.05) is 16.8 Å². The van der Waals surface area contributed by atoms with E-state index in [2.05, 4.69) is 5.32 Å². The molecule has 5 nitrogen and oxygen atoms in total. The Hall–Kier alpha value is -3.22. The molecule has 0 bridgehead atoms. The van der Waals surface area contributed by atoms with Crippen molar-refractivity contribution in [2.24, 2.45) is 0 Å². The van der Waals surface area contributed by atoms with Crippen molar-refractivity contribution in [3.8, 4) is 0 Å². The van der Waals surface area contributed by atoms with Gasteiger partial charge in [0.2, 0.25) is 5.91 Å². The summed E-state index contributed by atoms with van der Waals surface area (Å²) < 4.78 is 0. The van der Waals surface area contributed by atoms with Crippen LogP contribution in [-0.2, 0) is 16.0 Å². The molecule has 1 aliphatic heterocycles. The van der Waals surface area contributed by atoms with Crippen LogP contribution in [0.2, 0.25) is 5.02 Å². The van der Waals surface area contributed by atoms with Gasteiger partial charge in [-0.1, -0.05) is 60.1 Å². The van der Waals surface area contributed by atoms with Crippen molar-refractivity contribution in [1.82, 2.24) is 4.90 Å². The molecule has 0 saturated carbocycles. The van der Waals surface area contributed by atoms with Crippen LogP contribution < -0.4 is 10.2 Å². The Bertz CT molecular complexity index is 1110. The van der Waals surface area contributed by atoms with Gasteiger partial charge in [-0.2, -0.15) is 0 Å². The fourth-order valence-electron chi connectivity index (χ4n) is 3.72. The predicted molar refractivity (Wildman–Crippen MR) is 132 cm³/mol. The first kappa shape index (κ1) is 22.0. The highest BCUT2D eigenvalue weighted by atomic mass is 35.5. The highest BCUT2D eigenvalue weighted by Crippen LogP contribution is 2.27. The number of hydrogen-bond donors (Lipinski definition) is 1. The van der Waals surface area contributed by atoms with Crippen molar-refractivity contribution in [2.45, 2.75) is 18.9 Å². The first-order valence-corrected chi connectivity index (χ1v) is 11.1. The summed E-state index contributed by atoms with van der Waals surface area (Å²) >= 11 is 11.6. The Morgan fingerprint density at radius 1 is 0.938 bits per heavy atom. The lowest BCUT2D eigenvalue weighted by atomic mass is 10.1. The van der Waals surface area contributed by atoms with E-state index in [1.165, 1.54) is 4.90 Å². The molecule has 0 radical (unpaired) electrons.